The number of hydrogen-bond donors (Lipinski definition) is 1. The molecule has 0 radical (unpaired) electrons. The SMILES string of the molecule is CCOc1cc(C2/C(=C(\O)c3cc(Cl)ccc3OC)C(=O)C(=O)N2c2ccccc2OC)ccc1OC. The molecule has 0 aliphatic carbocycles. The van der Waals surface area contributed by atoms with Crippen molar-refractivity contribution in [2.45, 2.75) is 13.0 Å². The fraction of sp³-hybridized carbons (Fsp3) is 0.214. The number of Topliss-reactive ketones (excluding diaryl/α,β-unsaturated/α-hetero) is 1. The lowest BCUT2D eigenvalue weighted by atomic mass is 9.94. The lowest BCUT2D eigenvalue weighted by molar-refractivity contribution is -0.132. The summed E-state index contributed by atoms with van der Waals surface area (Å²) in [6.07, 6.45) is 0. The van der Waals surface area contributed by atoms with Crippen LogP contribution in [-0.4, -0.2) is 44.7 Å². The smallest absolute Gasteiger partial charge is 0.300 e. The van der Waals surface area contributed by atoms with Gasteiger partial charge in [-0.3, -0.25) is 14.5 Å². The highest BCUT2D eigenvalue weighted by Crippen LogP contribution is 2.47. The molecule has 1 unspecified atom stereocenters. The van der Waals surface area contributed by atoms with Gasteiger partial charge in [-0.25, -0.2) is 0 Å². The number of anilines is 1. The monoisotopic (exact) mass is 523 g/mol. The van der Waals surface area contributed by atoms with Crippen molar-refractivity contribution < 1.29 is 33.6 Å². The van der Waals surface area contributed by atoms with Crippen LogP contribution in [0, 0.1) is 0 Å². The number of ketones is 1. The maximum Gasteiger partial charge on any atom is 0.300 e. The maximum absolute atomic E-state index is 13.5. The van der Waals surface area contributed by atoms with Gasteiger partial charge in [-0.2, -0.15) is 0 Å². The Bertz CT molecular complexity index is 1380. The van der Waals surface area contributed by atoms with Crippen LogP contribution in [0.1, 0.15) is 24.1 Å². The highest BCUT2D eigenvalue weighted by molar-refractivity contribution is 6.52. The summed E-state index contributed by atoms with van der Waals surface area (Å²) in [7, 11) is 4.43. The fourth-order valence-corrected chi connectivity index (χ4v) is 4.54. The standard InChI is InChI=1S/C28H26ClNO7/c1-5-37-23-14-16(10-12-22(23)36-4)25-24(26(31)18-15-17(29)11-13-20(18)34-2)27(32)28(33)30(25)19-8-6-7-9-21(19)35-3/h6-15,25,31H,5H2,1-4H3/b26-24+. The average Bonchev–Trinajstić information content (AvgIpc) is 3.18. The number of aliphatic hydroxyl groups excluding tert-OH is 1. The minimum Gasteiger partial charge on any atom is -0.507 e. The molecule has 1 aliphatic heterocycles. The number of halogens is 1. The summed E-state index contributed by atoms with van der Waals surface area (Å²) in [4.78, 5) is 28.4. The van der Waals surface area contributed by atoms with Crippen molar-refractivity contribution >= 4 is 34.7 Å². The van der Waals surface area contributed by atoms with E-state index in [1.165, 1.54) is 32.3 Å². The Morgan fingerprint density at radius 1 is 0.892 bits per heavy atom. The zero-order valence-electron chi connectivity index (χ0n) is 20.8. The Hall–Kier alpha value is -4.17. The molecule has 1 heterocycles. The van der Waals surface area contributed by atoms with E-state index in [2.05, 4.69) is 0 Å². The molecule has 0 aromatic heterocycles. The van der Waals surface area contributed by atoms with Gasteiger partial charge >= 0.3 is 0 Å². The molecule has 0 spiro atoms. The van der Waals surface area contributed by atoms with E-state index in [4.69, 9.17) is 30.5 Å². The van der Waals surface area contributed by atoms with Gasteiger partial charge in [-0.1, -0.05) is 29.8 Å². The molecule has 3 aromatic rings. The summed E-state index contributed by atoms with van der Waals surface area (Å²) in [6.45, 7) is 2.20. The fourth-order valence-electron chi connectivity index (χ4n) is 4.37. The van der Waals surface area contributed by atoms with Crippen LogP contribution in [0.2, 0.25) is 5.02 Å². The minimum absolute atomic E-state index is 0.135. The summed E-state index contributed by atoms with van der Waals surface area (Å²) < 4.78 is 22.0. The van der Waals surface area contributed by atoms with E-state index >= 15 is 0 Å². The molecule has 4 rings (SSSR count). The molecule has 1 N–H and O–H groups in total. The summed E-state index contributed by atoms with van der Waals surface area (Å²) in [6, 6.07) is 15.5. The van der Waals surface area contributed by atoms with E-state index in [1.807, 2.05) is 6.92 Å². The van der Waals surface area contributed by atoms with Gasteiger partial charge in [0.1, 0.15) is 17.3 Å². The number of rotatable bonds is 8. The molecule has 1 amide bonds. The van der Waals surface area contributed by atoms with E-state index < -0.39 is 23.5 Å². The number of amides is 1. The van der Waals surface area contributed by atoms with Gasteiger partial charge in [-0.05, 0) is 55.0 Å². The number of para-hydroxylation sites is 2. The number of nitrogens with zero attached hydrogens (tertiary/aromatic N) is 1. The molecule has 3 aromatic carbocycles. The first-order chi connectivity index (χ1) is 17.9. The number of methoxy groups -OCH3 is 3. The van der Waals surface area contributed by atoms with Crippen LogP contribution in [0.25, 0.3) is 5.76 Å². The Balaban J connectivity index is 2.03. The number of benzene rings is 3. The second-order valence-corrected chi connectivity index (χ2v) is 8.47. The van der Waals surface area contributed by atoms with Crippen LogP contribution in [0.15, 0.2) is 66.2 Å². The van der Waals surface area contributed by atoms with Crippen LogP contribution in [-0.2, 0) is 9.59 Å². The number of hydrogen-bond acceptors (Lipinski definition) is 7. The summed E-state index contributed by atoms with van der Waals surface area (Å²) in [5.74, 6) is -0.545. The molecule has 9 heteroatoms. The Kier molecular flexibility index (Phi) is 7.59. The van der Waals surface area contributed by atoms with Crippen molar-refractivity contribution in [3.8, 4) is 23.0 Å². The number of carbonyl (C=O) groups excluding carboxylic acids is 2. The lowest BCUT2D eigenvalue weighted by Crippen LogP contribution is -2.29. The number of aliphatic hydroxyl groups is 1. The zero-order valence-corrected chi connectivity index (χ0v) is 21.5. The van der Waals surface area contributed by atoms with Gasteiger partial charge in [0, 0.05) is 5.02 Å². The van der Waals surface area contributed by atoms with Crippen molar-refractivity contribution in [1.82, 2.24) is 0 Å². The number of carbonyl (C=O) groups is 2. The summed E-state index contributed by atoms with van der Waals surface area (Å²) in [5.41, 5.74) is 0.917. The van der Waals surface area contributed by atoms with Crippen molar-refractivity contribution in [1.29, 1.82) is 0 Å². The quantitative estimate of drug-likeness (QED) is 0.240. The van der Waals surface area contributed by atoms with Crippen molar-refractivity contribution in [2.75, 3.05) is 32.8 Å². The lowest BCUT2D eigenvalue weighted by Gasteiger charge is -2.27. The molecule has 0 saturated carbocycles. The van der Waals surface area contributed by atoms with E-state index in [1.54, 1.807) is 54.6 Å². The molecule has 1 aliphatic rings. The topological polar surface area (TPSA) is 94.5 Å². The van der Waals surface area contributed by atoms with Gasteiger partial charge < -0.3 is 24.1 Å². The van der Waals surface area contributed by atoms with Crippen molar-refractivity contribution in [2.24, 2.45) is 0 Å². The van der Waals surface area contributed by atoms with Gasteiger partial charge in [0.05, 0.1) is 50.8 Å². The minimum atomic E-state index is -1.02. The van der Waals surface area contributed by atoms with Gasteiger partial charge in [0.25, 0.3) is 11.7 Å². The van der Waals surface area contributed by atoms with Gasteiger partial charge in [0.15, 0.2) is 11.5 Å². The predicted molar refractivity (Wildman–Crippen MR) is 140 cm³/mol. The van der Waals surface area contributed by atoms with Crippen LogP contribution in [0.5, 0.6) is 23.0 Å². The van der Waals surface area contributed by atoms with Crippen molar-refractivity contribution in [3.05, 3.63) is 82.4 Å². The maximum atomic E-state index is 13.5. The third-order valence-electron chi connectivity index (χ3n) is 6.01. The van der Waals surface area contributed by atoms with Crippen molar-refractivity contribution in [3.63, 3.8) is 0 Å². The predicted octanol–water partition coefficient (Wildman–Crippen LogP) is 5.39. The highest BCUT2D eigenvalue weighted by atomic mass is 35.5. The third-order valence-corrected chi connectivity index (χ3v) is 6.24. The van der Waals surface area contributed by atoms with Crippen LogP contribution >= 0.6 is 11.6 Å². The summed E-state index contributed by atoms with van der Waals surface area (Å²) in [5, 5.41) is 11.8. The second-order valence-electron chi connectivity index (χ2n) is 8.03. The molecule has 0 bridgehead atoms. The molecule has 1 saturated heterocycles. The molecule has 8 nitrogen and oxygen atoms in total. The molecule has 192 valence electrons. The van der Waals surface area contributed by atoms with E-state index in [9.17, 15) is 14.7 Å². The number of ether oxygens (including phenoxy) is 4. The van der Waals surface area contributed by atoms with Crippen LogP contribution in [0.4, 0.5) is 5.69 Å². The first-order valence-corrected chi connectivity index (χ1v) is 11.8. The van der Waals surface area contributed by atoms with Gasteiger partial charge in [0.2, 0.25) is 0 Å². The Morgan fingerprint density at radius 3 is 2.24 bits per heavy atom. The van der Waals surface area contributed by atoms with Gasteiger partial charge in [-0.15, -0.1) is 0 Å². The largest absolute Gasteiger partial charge is 0.507 e. The average molecular weight is 524 g/mol. The Labute approximate surface area is 219 Å². The van der Waals surface area contributed by atoms with E-state index in [0.717, 1.165) is 0 Å². The molecular formula is C28H26ClNO7. The third kappa shape index (κ3) is 4.68. The molecule has 1 atom stereocenters. The Morgan fingerprint density at radius 2 is 1.57 bits per heavy atom. The normalized spacial score (nSPS) is 16.6. The molecular weight excluding hydrogens is 498 g/mol. The van der Waals surface area contributed by atoms with Crippen LogP contribution in [0.3, 0.4) is 0 Å². The first-order valence-electron chi connectivity index (χ1n) is 11.4. The molecule has 37 heavy (non-hydrogen) atoms. The first kappa shape index (κ1) is 25.9. The zero-order chi connectivity index (χ0) is 26.7. The van der Waals surface area contributed by atoms with Crippen LogP contribution < -0.4 is 23.8 Å². The second kappa shape index (κ2) is 10.8. The van der Waals surface area contributed by atoms with E-state index in [-0.39, 0.29) is 16.9 Å². The van der Waals surface area contributed by atoms with E-state index in [0.29, 0.717) is 40.1 Å². The highest BCUT2D eigenvalue weighted by Gasteiger charge is 2.48. The molecule has 1 fully saturated rings. The summed E-state index contributed by atoms with van der Waals surface area (Å²) >= 11 is 6.20.